The average Bonchev–Trinajstić information content (AvgIpc) is 2.53. The number of carboxylic acid groups (broad SMARTS) is 1. The second kappa shape index (κ2) is 4.58. The molecule has 1 saturated heterocycles. The summed E-state index contributed by atoms with van der Waals surface area (Å²) in [5.74, 6) is -0.477. The van der Waals surface area contributed by atoms with E-state index in [1.165, 1.54) is 0 Å². The van der Waals surface area contributed by atoms with E-state index in [1.807, 2.05) is 11.8 Å². The van der Waals surface area contributed by atoms with Gasteiger partial charge in [-0.15, -0.1) is 0 Å². The summed E-state index contributed by atoms with van der Waals surface area (Å²) in [5, 5.41) is 17.8. The number of aliphatic carboxylic acids is 1. The maximum absolute atomic E-state index is 10.8. The van der Waals surface area contributed by atoms with Crippen molar-refractivity contribution >= 4 is 5.97 Å². The molecule has 1 rings (SSSR count). The minimum atomic E-state index is -0.749. The van der Waals surface area contributed by atoms with Crippen LogP contribution in [0.4, 0.5) is 0 Å². The fourth-order valence-corrected chi connectivity index (χ4v) is 1.88. The van der Waals surface area contributed by atoms with Crippen molar-refractivity contribution in [3.05, 3.63) is 0 Å². The molecular weight excluding hydrogens is 170 g/mol. The first-order valence-electron chi connectivity index (χ1n) is 4.76. The lowest BCUT2D eigenvalue weighted by atomic mass is 10.1. The molecular formula is C9H17NO3. The van der Waals surface area contributed by atoms with E-state index in [9.17, 15) is 4.79 Å². The molecule has 1 aliphatic rings. The van der Waals surface area contributed by atoms with Gasteiger partial charge >= 0.3 is 5.97 Å². The summed E-state index contributed by atoms with van der Waals surface area (Å²) in [6, 6.07) is -0.364. The van der Waals surface area contributed by atoms with Gasteiger partial charge in [-0.1, -0.05) is 6.92 Å². The van der Waals surface area contributed by atoms with E-state index in [0.29, 0.717) is 6.42 Å². The lowest BCUT2D eigenvalue weighted by Crippen LogP contribution is -2.39. The van der Waals surface area contributed by atoms with Crippen molar-refractivity contribution in [3.63, 3.8) is 0 Å². The topological polar surface area (TPSA) is 60.8 Å². The molecule has 1 heterocycles. The van der Waals surface area contributed by atoms with Gasteiger partial charge in [0.1, 0.15) is 6.04 Å². The highest BCUT2D eigenvalue weighted by Crippen LogP contribution is 2.19. The Hall–Kier alpha value is -0.610. The quantitative estimate of drug-likeness (QED) is 0.658. The molecule has 0 aromatic rings. The summed E-state index contributed by atoms with van der Waals surface area (Å²) in [6.07, 6.45) is 1.55. The molecule has 0 aromatic carbocycles. The highest BCUT2D eigenvalue weighted by Gasteiger charge is 2.30. The van der Waals surface area contributed by atoms with Crippen molar-refractivity contribution in [3.8, 4) is 0 Å². The number of hydrogen-bond donors (Lipinski definition) is 2. The van der Waals surface area contributed by atoms with E-state index in [4.69, 9.17) is 10.2 Å². The smallest absolute Gasteiger partial charge is 0.320 e. The molecule has 0 saturated carbocycles. The maximum Gasteiger partial charge on any atom is 0.320 e. The molecule has 4 nitrogen and oxygen atoms in total. The molecule has 1 fully saturated rings. The first-order chi connectivity index (χ1) is 6.19. The summed E-state index contributed by atoms with van der Waals surface area (Å²) in [4.78, 5) is 12.8. The van der Waals surface area contributed by atoms with Crippen molar-refractivity contribution in [2.24, 2.45) is 5.92 Å². The van der Waals surface area contributed by atoms with Crippen molar-refractivity contribution in [1.82, 2.24) is 4.90 Å². The van der Waals surface area contributed by atoms with Gasteiger partial charge in [0.15, 0.2) is 0 Å². The summed E-state index contributed by atoms with van der Waals surface area (Å²) >= 11 is 0. The van der Waals surface area contributed by atoms with Crippen LogP contribution in [0, 0.1) is 5.92 Å². The number of rotatable bonds is 4. The van der Waals surface area contributed by atoms with E-state index < -0.39 is 5.97 Å². The fraction of sp³-hybridized carbons (Fsp3) is 0.889. The van der Waals surface area contributed by atoms with E-state index >= 15 is 0 Å². The van der Waals surface area contributed by atoms with E-state index in [1.54, 1.807) is 0 Å². The zero-order valence-corrected chi connectivity index (χ0v) is 7.94. The Morgan fingerprint density at radius 2 is 2.38 bits per heavy atom. The van der Waals surface area contributed by atoms with Gasteiger partial charge in [-0.2, -0.15) is 0 Å². The Labute approximate surface area is 78.2 Å². The molecule has 0 aromatic heterocycles. The van der Waals surface area contributed by atoms with E-state index in [0.717, 1.165) is 19.5 Å². The lowest BCUT2D eigenvalue weighted by Gasteiger charge is -2.22. The normalized spacial score (nSPS) is 26.2. The highest BCUT2D eigenvalue weighted by molar-refractivity contribution is 5.73. The Kier molecular flexibility index (Phi) is 3.69. The maximum atomic E-state index is 10.8. The summed E-state index contributed by atoms with van der Waals surface area (Å²) in [5.41, 5.74) is 0. The Morgan fingerprint density at radius 3 is 2.77 bits per heavy atom. The van der Waals surface area contributed by atoms with Crippen LogP contribution in [0.15, 0.2) is 0 Å². The van der Waals surface area contributed by atoms with Crippen molar-refractivity contribution in [2.75, 3.05) is 19.7 Å². The summed E-state index contributed by atoms with van der Waals surface area (Å²) in [7, 11) is 0. The van der Waals surface area contributed by atoms with Crippen LogP contribution in [0.2, 0.25) is 0 Å². The van der Waals surface area contributed by atoms with Crippen LogP contribution < -0.4 is 0 Å². The van der Waals surface area contributed by atoms with Crippen molar-refractivity contribution in [2.45, 2.75) is 25.8 Å². The number of likely N-dealkylation sites (tertiary alicyclic amines) is 1. The second-order valence-electron chi connectivity index (χ2n) is 3.59. The van der Waals surface area contributed by atoms with Crippen LogP contribution in [-0.2, 0) is 4.79 Å². The molecule has 1 aliphatic heterocycles. The zero-order chi connectivity index (χ0) is 9.84. The van der Waals surface area contributed by atoms with Gasteiger partial charge in [0, 0.05) is 13.2 Å². The zero-order valence-electron chi connectivity index (χ0n) is 7.94. The molecule has 0 unspecified atom stereocenters. The van der Waals surface area contributed by atoms with Crippen LogP contribution >= 0.6 is 0 Å². The molecule has 2 N–H and O–H groups in total. The summed E-state index contributed by atoms with van der Waals surface area (Å²) in [6.45, 7) is 3.58. The molecule has 76 valence electrons. The lowest BCUT2D eigenvalue weighted by molar-refractivity contribution is -0.143. The minimum absolute atomic E-state index is 0.173. The Morgan fingerprint density at radius 1 is 1.69 bits per heavy atom. The first kappa shape index (κ1) is 10.5. The number of aliphatic hydroxyl groups excluding tert-OH is 1. The van der Waals surface area contributed by atoms with Crippen molar-refractivity contribution in [1.29, 1.82) is 0 Å². The Balaban J connectivity index is 2.48. The average molecular weight is 187 g/mol. The van der Waals surface area contributed by atoms with Crippen LogP contribution in [-0.4, -0.2) is 46.8 Å². The van der Waals surface area contributed by atoms with Gasteiger partial charge in [-0.05, 0) is 25.3 Å². The summed E-state index contributed by atoms with van der Waals surface area (Å²) < 4.78 is 0. The number of hydrogen-bond acceptors (Lipinski definition) is 3. The van der Waals surface area contributed by atoms with Crippen LogP contribution in [0.3, 0.4) is 0 Å². The number of carboxylic acids is 1. The monoisotopic (exact) mass is 187 g/mol. The van der Waals surface area contributed by atoms with Gasteiger partial charge in [-0.25, -0.2) is 0 Å². The van der Waals surface area contributed by atoms with Gasteiger partial charge in [0.25, 0.3) is 0 Å². The van der Waals surface area contributed by atoms with Crippen LogP contribution in [0.1, 0.15) is 19.8 Å². The number of nitrogens with zero attached hydrogens (tertiary/aromatic N) is 1. The molecule has 0 amide bonds. The molecule has 13 heavy (non-hydrogen) atoms. The standard InChI is InChI=1S/C9H17NO3/c1-2-8(9(12)13)10-4-3-7(5-10)6-11/h7-8,11H,2-6H2,1H3,(H,12,13)/t7-,8-/m0/s1. The minimum Gasteiger partial charge on any atom is -0.480 e. The number of carbonyl (C=O) groups is 1. The molecule has 0 spiro atoms. The SMILES string of the molecule is CC[C@@H](C(=O)O)N1CC[C@H](CO)C1. The van der Waals surface area contributed by atoms with Crippen LogP contribution in [0.25, 0.3) is 0 Å². The molecule has 4 heteroatoms. The van der Waals surface area contributed by atoms with Crippen molar-refractivity contribution < 1.29 is 15.0 Å². The van der Waals surface area contributed by atoms with Crippen LogP contribution in [0.5, 0.6) is 0 Å². The molecule has 2 atom stereocenters. The van der Waals surface area contributed by atoms with Gasteiger partial charge in [0.05, 0.1) is 0 Å². The van der Waals surface area contributed by atoms with Gasteiger partial charge < -0.3 is 10.2 Å². The third kappa shape index (κ3) is 2.42. The fourth-order valence-electron chi connectivity index (χ4n) is 1.88. The highest BCUT2D eigenvalue weighted by atomic mass is 16.4. The Bertz CT molecular complexity index is 184. The second-order valence-corrected chi connectivity index (χ2v) is 3.59. The molecule has 0 bridgehead atoms. The van der Waals surface area contributed by atoms with E-state index in [-0.39, 0.29) is 18.6 Å². The van der Waals surface area contributed by atoms with Gasteiger partial charge in [0.2, 0.25) is 0 Å². The predicted octanol–water partition coefficient (Wildman–Crippen LogP) is 0.164. The molecule has 0 aliphatic carbocycles. The third-order valence-electron chi connectivity index (χ3n) is 2.69. The van der Waals surface area contributed by atoms with E-state index in [2.05, 4.69) is 0 Å². The largest absolute Gasteiger partial charge is 0.480 e. The predicted molar refractivity (Wildman–Crippen MR) is 48.5 cm³/mol. The first-order valence-corrected chi connectivity index (χ1v) is 4.76. The van der Waals surface area contributed by atoms with Gasteiger partial charge in [-0.3, -0.25) is 9.69 Å². The number of aliphatic hydroxyl groups is 1. The molecule has 0 radical (unpaired) electrons. The third-order valence-corrected chi connectivity index (χ3v) is 2.69.